The molecule has 1 aromatic heterocycles. The van der Waals surface area contributed by atoms with Crippen molar-refractivity contribution in [2.45, 2.75) is 31.6 Å². The number of rotatable bonds is 2. The summed E-state index contributed by atoms with van der Waals surface area (Å²) in [4.78, 5) is 41.0. The summed E-state index contributed by atoms with van der Waals surface area (Å²) in [6.07, 6.45) is -4.56. The minimum absolute atomic E-state index is 0.000831. The molecule has 156 valence electrons. The van der Waals surface area contributed by atoms with Crippen LogP contribution in [0.4, 0.5) is 23.4 Å². The third-order valence-corrected chi connectivity index (χ3v) is 5.10. The smallest absolute Gasteiger partial charge is 0.384 e. The van der Waals surface area contributed by atoms with Gasteiger partial charge in [-0.05, 0) is 30.7 Å². The first kappa shape index (κ1) is 19.8. The van der Waals surface area contributed by atoms with Crippen molar-refractivity contribution in [2.24, 2.45) is 0 Å². The predicted octanol–water partition coefficient (Wildman–Crippen LogP) is 2.25. The molecule has 0 aliphatic carbocycles. The Bertz CT molecular complexity index is 1100. The zero-order chi connectivity index (χ0) is 21.8. The lowest BCUT2D eigenvalue weighted by molar-refractivity contribution is -0.138. The first-order chi connectivity index (χ1) is 14.1. The quantitative estimate of drug-likeness (QED) is 0.571. The lowest BCUT2D eigenvalue weighted by atomic mass is 10.0. The summed E-state index contributed by atoms with van der Waals surface area (Å²) in [5.41, 5.74) is 3.75. The number of anilines is 1. The number of carbonyl (C=O) groups is 3. The van der Waals surface area contributed by atoms with E-state index in [0.717, 1.165) is 11.0 Å². The van der Waals surface area contributed by atoms with Crippen LogP contribution in [0.5, 0.6) is 0 Å². The Kier molecular flexibility index (Phi) is 4.48. The monoisotopic (exact) mass is 422 g/mol. The molecule has 2 aliphatic rings. The lowest BCUT2D eigenvalue weighted by Gasteiger charge is -2.29. The van der Waals surface area contributed by atoms with Crippen molar-refractivity contribution in [1.82, 2.24) is 15.2 Å². The molecule has 0 radical (unpaired) electrons. The highest BCUT2D eigenvalue weighted by atomic mass is 19.4. The van der Waals surface area contributed by atoms with E-state index in [-0.39, 0.29) is 41.8 Å². The van der Waals surface area contributed by atoms with Crippen LogP contribution in [0, 0.1) is 5.82 Å². The normalized spacial score (nSPS) is 19.1. The number of hydrogen-bond donors (Lipinski definition) is 2. The number of benzene rings is 1. The molecule has 30 heavy (non-hydrogen) atoms. The van der Waals surface area contributed by atoms with E-state index in [2.05, 4.69) is 10.3 Å². The maximum absolute atomic E-state index is 15.2. The summed E-state index contributed by atoms with van der Waals surface area (Å²) in [5.74, 6) is -3.05. The predicted molar refractivity (Wildman–Crippen MR) is 95.1 cm³/mol. The number of nitrogens with one attached hydrogen (secondary N) is 1. The molecule has 3 amide bonds. The molecule has 0 spiro atoms. The summed E-state index contributed by atoms with van der Waals surface area (Å²) in [6, 6.07) is 2.81. The number of halogens is 4. The zero-order valence-corrected chi connectivity index (χ0v) is 15.2. The number of piperidine rings is 1. The molecule has 4 rings (SSSR count). The van der Waals surface area contributed by atoms with Crippen LogP contribution < -0.4 is 11.1 Å². The second kappa shape index (κ2) is 6.78. The highest BCUT2D eigenvalue weighted by Crippen LogP contribution is 2.36. The van der Waals surface area contributed by atoms with Crippen LogP contribution in [0.1, 0.15) is 34.3 Å². The van der Waals surface area contributed by atoms with Gasteiger partial charge < -0.3 is 10.6 Å². The van der Waals surface area contributed by atoms with Gasteiger partial charge in [-0.1, -0.05) is 0 Å². The van der Waals surface area contributed by atoms with E-state index in [9.17, 15) is 27.6 Å². The number of hydrogen-bond acceptors (Lipinski definition) is 5. The molecule has 1 fully saturated rings. The van der Waals surface area contributed by atoms with Gasteiger partial charge in [0.1, 0.15) is 17.7 Å². The van der Waals surface area contributed by atoms with E-state index in [1.165, 1.54) is 6.07 Å². The molecular formula is C19H14F4N4O3. The Balaban J connectivity index is 1.72. The molecule has 11 heteroatoms. The molecule has 1 aromatic carbocycles. The average molecular weight is 422 g/mol. The molecule has 1 atom stereocenters. The Morgan fingerprint density at radius 2 is 1.83 bits per heavy atom. The summed E-state index contributed by atoms with van der Waals surface area (Å²) in [6.45, 7) is -0.255. The van der Waals surface area contributed by atoms with E-state index < -0.39 is 47.1 Å². The van der Waals surface area contributed by atoms with Crippen LogP contribution in [0.25, 0.3) is 11.3 Å². The second-order valence-corrected chi connectivity index (χ2v) is 7.02. The summed E-state index contributed by atoms with van der Waals surface area (Å²) in [7, 11) is 0. The van der Waals surface area contributed by atoms with Gasteiger partial charge in [0, 0.05) is 23.1 Å². The molecule has 2 aromatic rings. The van der Waals surface area contributed by atoms with Crippen molar-refractivity contribution in [1.29, 1.82) is 0 Å². The van der Waals surface area contributed by atoms with Crippen LogP contribution in [0.15, 0.2) is 24.3 Å². The minimum Gasteiger partial charge on any atom is -0.384 e. The summed E-state index contributed by atoms with van der Waals surface area (Å²) >= 11 is 0. The van der Waals surface area contributed by atoms with Crippen molar-refractivity contribution in [3.05, 3.63) is 46.8 Å². The number of fused-ring (bicyclic) bond motifs is 1. The number of alkyl halides is 3. The fraction of sp³-hybridized carbons (Fsp3) is 0.263. The molecule has 3 heterocycles. The van der Waals surface area contributed by atoms with Crippen molar-refractivity contribution in [2.75, 3.05) is 5.73 Å². The van der Waals surface area contributed by atoms with Gasteiger partial charge in [0.05, 0.1) is 17.8 Å². The number of nitrogens with two attached hydrogens (primary N) is 1. The van der Waals surface area contributed by atoms with Crippen LogP contribution in [0.2, 0.25) is 0 Å². The van der Waals surface area contributed by atoms with Gasteiger partial charge in [-0.15, -0.1) is 0 Å². The van der Waals surface area contributed by atoms with Crippen LogP contribution >= 0.6 is 0 Å². The fourth-order valence-electron chi connectivity index (χ4n) is 3.66. The average Bonchev–Trinajstić information content (AvgIpc) is 2.98. The van der Waals surface area contributed by atoms with E-state index in [1.54, 1.807) is 0 Å². The number of pyridine rings is 1. The highest BCUT2D eigenvalue weighted by Gasteiger charge is 2.40. The molecule has 1 unspecified atom stereocenters. The van der Waals surface area contributed by atoms with E-state index in [1.807, 2.05) is 0 Å². The van der Waals surface area contributed by atoms with Crippen LogP contribution in [-0.4, -0.2) is 33.6 Å². The SMILES string of the molecule is Nc1cc(C(F)(F)F)cc(-c2ccc3c(c2F)CN(C2CCC(=O)NC2=O)C3=O)n1. The van der Waals surface area contributed by atoms with Gasteiger partial charge in [-0.25, -0.2) is 9.37 Å². The molecule has 3 N–H and O–H groups in total. The van der Waals surface area contributed by atoms with Gasteiger partial charge in [-0.2, -0.15) is 13.2 Å². The largest absolute Gasteiger partial charge is 0.416 e. The number of amides is 3. The second-order valence-electron chi connectivity index (χ2n) is 7.02. The van der Waals surface area contributed by atoms with Gasteiger partial charge in [0.2, 0.25) is 11.8 Å². The Morgan fingerprint density at radius 3 is 2.50 bits per heavy atom. The van der Waals surface area contributed by atoms with Crippen LogP contribution in [0.3, 0.4) is 0 Å². The first-order valence-electron chi connectivity index (χ1n) is 8.87. The standard InChI is InChI=1S/C19H14F4N4O3/c20-16-10(12-5-8(19(21,22)23)6-14(24)25-12)2-1-9-11(16)7-27(18(9)30)13-3-4-15(28)26-17(13)29/h1-2,5-6,13H,3-4,7H2,(H2,24,25)(H,26,28,29). The van der Waals surface area contributed by atoms with Gasteiger partial charge >= 0.3 is 6.18 Å². The van der Waals surface area contributed by atoms with Crippen molar-refractivity contribution < 1.29 is 31.9 Å². The number of imide groups is 1. The van der Waals surface area contributed by atoms with Gasteiger partial charge in [0.15, 0.2) is 0 Å². The number of nitrogen functional groups attached to an aromatic ring is 1. The Hall–Kier alpha value is -3.50. The maximum atomic E-state index is 15.2. The minimum atomic E-state index is -4.70. The number of carbonyl (C=O) groups excluding carboxylic acids is 3. The Labute approximate surface area is 166 Å². The van der Waals surface area contributed by atoms with Crippen molar-refractivity contribution in [3.63, 3.8) is 0 Å². The van der Waals surface area contributed by atoms with Crippen molar-refractivity contribution in [3.8, 4) is 11.3 Å². The summed E-state index contributed by atoms with van der Waals surface area (Å²) in [5, 5.41) is 2.14. The molecule has 7 nitrogen and oxygen atoms in total. The number of aromatic nitrogens is 1. The van der Waals surface area contributed by atoms with Gasteiger partial charge in [-0.3, -0.25) is 19.7 Å². The number of nitrogens with zero attached hydrogens (tertiary/aromatic N) is 2. The molecule has 1 saturated heterocycles. The molecule has 2 aliphatic heterocycles. The van der Waals surface area contributed by atoms with Gasteiger partial charge in [0.25, 0.3) is 5.91 Å². The third-order valence-electron chi connectivity index (χ3n) is 5.10. The maximum Gasteiger partial charge on any atom is 0.416 e. The van der Waals surface area contributed by atoms with E-state index in [0.29, 0.717) is 12.1 Å². The molecule has 0 saturated carbocycles. The van der Waals surface area contributed by atoms with Crippen LogP contribution in [-0.2, 0) is 22.3 Å². The molecular weight excluding hydrogens is 408 g/mol. The highest BCUT2D eigenvalue weighted by molar-refractivity contribution is 6.05. The lowest BCUT2D eigenvalue weighted by Crippen LogP contribution is -2.52. The fourth-order valence-corrected chi connectivity index (χ4v) is 3.66. The van der Waals surface area contributed by atoms with E-state index >= 15 is 4.39 Å². The first-order valence-corrected chi connectivity index (χ1v) is 8.87. The summed E-state index contributed by atoms with van der Waals surface area (Å²) < 4.78 is 54.4. The zero-order valence-electron chi connectivity index (χ0n) is 15.2. The Morgan fingerprint density at radius 1 is 1.13 bits per heavy atom. The van der Waals surface area contributed by atoms with Crippen molar-refractivity contribution >= 4 is 23.5 Å². The third kappa shape index (κ3) is 3.25. The topological polar surface area (TPSA) is 105 Å². The molecule has 0 bridgehead atoms. The van der Waals surface area contributed by atoms with E-state index in [4.69, 9.17) is 5.73 Å².